The Kier molecular flexibility index (Phi) is 8.13. The predicted octanol–water partition coefficient (Wildman–Crippen LogP) is 3.83. The lowest BCUT2D eigenvalue weighted by Gasteiger charge is -2.21. The highest BCUT2D eigenvalue weighted by atomic mass is 79.9. The third-order valence-corrected chi connectivity index (χ3v) is 4.26. The Bertz CT molecular complexity index is 894. The first kappa shape index (κ1) is 22.3. The van der Waals surface area contributed by atoms with Crippen molar-refractivity contribution in [2.24, 2.45) is 10.2 Å². The summed E-state index contributed by atoms with van der Waals surface area (Å²) in [6.45, 7) is 2.37. The summed E-state index contributed by atoms with van der Waals surface area (Å²) >= 11 is 3.10. The van der Waals surface area contributed by atoms with E-state index in [2.05, 4.69) is 43.2 Å². The molecule has 0 radical (unpaired) electrons. The van der Waals surface area contributed by atoms with Crippen LogP contribution in [-0.4, -0.2) is 44.1 Å². The van der Waals surface area contributed by atoms with Crippen LogP contribution < -0.4 is 10.2 Å². The van der Waals surface area contributed by atoms with Crippen molar-refractivity contribution in [2.75, 3.05) is 23.9 Å². The second kappa shape index (κ2) is 10.6. The number of benzene rings is 1. The van der Waals surface area contributed by atoms with Gasteiger partial charge in [-0.2, -0.15) is 5.10 Å². The standard InChI is InChI=1S/C18H17BrF3N5O2/c1-23-15-5-13(19)14(20)6-16(15)27(10-28)8-12-4-3-11(7-25-12)18(26-24-2)29-9-17(21)22/h3-7,10,17,23H,2,8-9H2,1H3/b26-18-. The van der Waals surface area contributed by atoms with Crippen molar-refractivity contribution in [2.45, 2.75) is 13.0 Å². The highest BCUT2D eigenvalue weighted by Crippen LogP contribution is 2.31. The van der Waals surface area contributed by atoms with Gasteiger partial charge < -0.3 is 15.0 Å². The average Bonchev–Trinajstić information content (AvgIpc) is 2.71. The molecule has 11 heteroatoms. The smallest absolute Gasteiger partial charge is 0.272 e. The number of nitrogens with one attached hydrogen (secondary N) is 1. The van der Waals surface area contributed by atoms with Gasteiger partial charge in [0, 0.05) is 26.0 Å². The number of alkyl halides is 2. The zero-order valence-electron chi connectivity index (χ0n) is 15.3. The summed E-state index contributed by atoms with van der Waals surface area (Å²) in [6.07, 6.45) is -0.778. The van der Waals surface area contributed by atoms with Crippen molar-refractivity contribution < 1.29 is 22.7 Å². The van der Waals surface area contributed by atoms with E-state index in [-0.39, 0.29) is 16.9 Å². The molecule has 1 heterocycles. The first-order chi connectivity index (χ1) is 13.9. The Morgan fingerprint density at radius 1 is 1.45 bits per heavy atom. The maximum absolute atomic E-state index is 13.9. The van der Waals surface area contributed by atoms with Crippen LogP contribution in [0.4, 0.5) is 24.5 Å². The maximum atomic E-state index is 13.9. The molecule has 2 aromatic rings. The zero-order chi connectivity index (χ0) is 21.4. The van der Waals surface area contributed by atoms with Crippen molar-refractivity contribution >= 4 is 46.3 Å². The fraction of sp³-hybridized carbons (Fsp3) is 0.222. The van der Waals surface area contributed by atoms with E-state index in [9.17, 15) is 18.0 Å². The number of anilines is 2. The lowest BCUT2D eigenvalue weighted by atomic mass is 10.2. The number of ether oxygens (including phenoxy) is 1. The summed E-state index contributed by atoms with van der Waals surface area (Å²) in [5, 5.41) is 9.76. The van der Waals surface area contributed by atoms with Gasteiger partial charge in [0.15, 0.2) is 6.61 Å². The van der Waals surface area contributed by atoms with E-state index in [0.717, 1.165) is 0 Å². The normalized spacial score (nSPS) is 11.3. The topological polar surface area (TPSA) is 79.2 Å². The Morgan fingerprint density at radius 3 is 2.76 bits per heavy atom. The minimum atomic E-state index is -2.67. The summed E-state index contributed by atoms with van der Waals surface area (Å²) in [6, 6.07) is 5.83. The van der Waals surface area contributed by atoms with Crippen LogP contribution in [0.15, 0.2) is 45.1 Å². The molecule has 0 fully saturated rings. The van der Waals surface area contributed by atoms with Crippen LogP contribution in [0.5, 0.6) is 0 Å². The van der Waals surface area contributed by atoms with Gasteiger partial charge in [-0.05, 0) is 34.1 Å². The van der Waals surface area contributed by atoms with Crippen LogP contribution in [0.2, 0.25) is 0 Å². The number of pyridine rings is 1. The highest BCUT2D eigenvalue weighted by molar-refractivity contribution is 9.10. The van der Waals surface area contributed by atoms with Gasteiger partial charge in [0.25, 0.3) is 6.43 Å². The lowest BCUT2D eigenvalue weighted by molar-refractivity contribution is -0.107. The van der Waals surface area contributed by atoms with E-state index in [1.165, 1.54) is 29.3 Å². The number of aromatic nitrogens is 1. The molecule has 0 aliphatic carbocycles. The molecule has 0 unspecified atom stereocenters. The van der Waals surface area contributed by atoms with E-state index in [0.29, 0.717) is 29.0 Å². The number of rotatable bonds is 9. The van der Waals surface area contributed by atoms with Crippen molar-refractivity contribution in [3.63, 3.8) is 0 Å². The van der Waals surface area contributed by atoms with Crippen molar-refractivity contribution in [3.05, 3.63) is 52.0 Å². The fourth-order valence-electron chi connectivity index (χ4n) is 2.35. The first-order valence-corrected chi connectivity index (χ1v) is 8.97. The van der Waals surface area contributed by atoms with Crippen LogP contribution in [0.25, 0.3) is 0 Å². The molecule has 2 rings (SSSR count). The van der Waals surface area contributed by atoms with E-state index < -0.39 is 18.8 Å². The average molecular weight is 472 g/mol. The Balaban J connectivity index is 2.23. The van der Waals surface area contributed by atoms with Crippen LogP contribution in [0.1, 0.15) is 11.3 Å². The SMILES string of the molecule is C=N/N=C(\OCC(F)F)c1ccc(CN(C=O)c2cc(F)c(Br)cc2NC)nc1. The van der Waals surface area contributed by atoms with E-state index in [4.69, 9.17) is 4.74 Å². The molecule has 154 valence electrons. The van der Waals surface area contributed by atoms with E-state index in [1.54, 1.807) is 13.1 Å². The van der Waals surface area contributed by atoms with Gasteiger partial charge in [0.1, 0.15) is 5.82 Å². The molecule has 7 nitrogen and oxygen atoms in total. The number of amides is 1. The molecule has 1 N–H and O–H groups in total. The van der Waals surface area contributed by atoms with Crippen LogP contribution in [0.3, 0.4) is 0 Å². The number of hydrogen-bond acceptors (Lipinski definition) is 6. The molecule has 29 heavy (non-hydrogen) atoms. The van der Waals surface area contributed by atoms with Gasteiger partial charge in [0.05, 0.1) is 33.6 Å². The molecule has 0 saturated heterocycles. The highest BCUT2D eigenvalue weighted by Gasteiger charge is 2.16. The van der Waals surface area contributed by atoms with E-state index in [1.807, 2.05) is 0 Å². The molecule has 1 amide bonds. The number of nitrogens with zero attached hydrogens (tertiary/aromatic N) is 4. The van der Waals surface area contributed by atoms with Gasteiger partial charge in [-0.3, -0.25) is 9.78 Å². The molecule has 1 aromatic carbocycles. The maximum Gasteiger partial charge on any atom is 0.272 e. The summed E-state index contributed by atoms with van der Waals surface area (Å²) in [4.78, 5) is 17.0. The molecule has 0 spiro atoms. The monoisotopic (exact) mass is 471 g/mol. The molecule has 1 aromatic heterocycles. The van der Waals surface area contributed by atoms with Crippen molar-refractivity contribution in [1.82, 2.24) is 4.98 Å². The molecule has 0 aliphatic heterocycles. The number of carbonyl (C=O) groups is 1. The largest absolute Gasteiger partial charge is 0.470 e. The second-order valence-electron chi connectivity index (χ2n) is 5.55. The minimum absolute atomic E-state index is 0.0452. The quantitative estimate of drug-likeness (QED) is 0.261. The zero-order valence-corrected chi connectivity index (χ0v) is 16.9. The predicted molar refractivity (Wildman–Crippen MR) is 108 cm³/mol. The van der Waals surface area contributed by atoms with Gasteiger partial charge >= 0.3 is 0 Å². The Labute approximate surface area is 173 Å². The van der Waals surface area contributed by atoms with Crippen LogP contribution in [0, 0.1) is 5.82 Å². The van der Waals surface area contributed by atoms with Gasteiger partial charge in [0.2, 0.25) is 12.3 Å². The number of halogens is 4. The van der Waals surface area contributed by atoms with Crippen LogP contribution in [-0.2, 0) is 16.1 Å². The number of carbonyl (C=O) groups excluding carboxylic acids is 1. The first-order valence-electron chi connectivity index (χ1n) is 8.18. The van der Waals surface area contributed by atoms with Gasteiger partial charge in [-0.1, -0.05) is 0 Å². The van der Waals surface area contributed by atoms with Gasteiger partial charge in [-0.15, -0.1) is 5.10 Å². The van der Waals surface area contributed by atoms with Crippen molar-refractivity contribution in [1.29, 1.82) is 0 Å². The van der Waals surface area contributed by atoms with Crippen molar-refractivity contribution in [3.8, 4) is 0 Å². The summed E-state index contributed by atoms with van der Waals surface area (Å²) in [7, 11) is 1.65. The minimum Gasteiger partial charge on any atom is -0.470 e. The molecule has 0 bridgehead atoms. The molecule has 0 atom stereocenters. The lowest BCUT2D eigenvalue weighted by Crippen LogP contribution is -2.22. The van der Waals surface area contributed by atoms with E-state index >= 15 is 0 Å². The van der Waals surface area contributed by atoms with Gasteiger partial charge in [-0.25, -0.2) is 13.2 Å². The summed E-state index contributed by atoms with van der Waals surface area (Å²) in [5.41, 5.74) is 1.64. The molecule has 0 aliphatic rings. The third kappa shape index (κ3) is 6.01. The fourth-order valence-corrected chi connectivity index (χ4v) is 2.69. The number of hydrogen-bond donors (Lipinski definition) is 1. The molecule has 0 saturated carbocycles. The summed E-state index contributed by atoms with van der Waals surface area (Å²) in [5.74, 6) is -0.679. The second-order valence-corrected chi connectivity index (χ2v) is 6.41. The third-order valence-electron chi connectivity index (χ3n) is 3.66. The Hall–Kier alpha value is -2.95. The molecular weight excluding hydrogens is 455 g/mol. The van der Waals surface area contributed by atoms with Crippen LogP contribution >= 0.6 is 15.9 Å². The molecular formula is C18H17BrF3N5O2. The Morgan fingerprint density at radius 2 is 2.21 bits per heavy atom. The summed E-state index contributed by atoms with van der Waals surface area (Å²) < 4.78 is 43.8.